The molecule has 3 aromatic rings. The fraction of sp³-hybridized carbons (Fsp3) is 0.211. The number of benzene rings is 2. The summed E-state index contributed by atoms with van der Waals surface area (Å²) in [6, 6.07) is 12.3. The Labute approximate surface area is 168 Å². The molecular formula is C19H21FN6O2S. The van der Waals surface area contributed by atoms with Crippen LogP contribution in [0.5, 0.6) is 0 Å². The van der Waals surface area contributed by atoms with Crippen LogP contribution in [0.15, 0.2) is 53.4 Å². The fourth-order valence-corrected chi connectivity index (χ4v) is 3.83. The molecule has 0 fully saturated rings. The van der Waals surface area contributed by atoms with Crippen molar-refractivity contribution in [2.45, 2.75) is 24.8 Å². The van der Waals surface area contributed by atoms with E-state index >= 15 is 0 Å². The second-order valence-corrected chi connectivity index (χ2v) is 8.33. The molecule has 29 heavy (non-hydrogen) atoms. The fourth-order valence-electron chi connectivity index (χ4n) is 2.71. The van der Waals surface area contributed by atoms with E-state index in [2.05, 4.69) is 20.3 Å². The van der Waals surface area contributed by atoms with Crippen LogP contribution in [0.1, 0.15) is 18.3 Å². The smallest absolute Gasteiger partial charge is 0.243 e. The Morgan fingerprint density at radius 1 is 1.07 bits per heavy atom. The summed E-state index contributed by atoms with van der Waals surface area (Å²) in [5, 5.41) is 3.10. The quantitative estimate of drug-likeness (QED) is 0.609. The summed E-state index contributed by atoms with van der Waals surface area (Å²) < 4.78 is 39.5. The molecule has 2 aromatic carbocycles. The van der Waals surface area contributed by atoms with Crippen LogP contribution in [0, 0.1) is 5.82 Å². The molecule has 152 valence electrons. The predicted molar refractivity (Wildman–Crippen MR) is 108 cm³/mol. The Kier molecular flexibility index (Phi) is 6.04. The van der Waals surface area contributed by atoms with E-state index in [-0.39, 0.29) is 29.2 Å². The molecule has 0 saturated heterocycles. The molecule has 1 aromatic heterocycles. The third kappa shape index (κ3) is 4.84. The average Bonchev–Trinajstić information content (AvgIpc) is 2.68. The highest BCUT2D eigenvalue weighted by Gasteiger charge is 2.22. The molecule has 0 spiro atoms. The lowest BCUT2D eigenvalue weighted by Crippen LogP contribution is -2.27. The molecule has 0 aliphatic carbocycles. The first-order chi connectivity index (χ1) is 13.8. The van der Waals surface area contributed by atoms with E-state index in [0.29, 0.717) is 0 Å². The molecule has 0 aliphatic heterocycles. The van der Waals surface area contributed by atoms with Gasteiger partial charge in [-0.2, -0.15) is 19.3 Å². The van der Waals surface area contributed by atoms with Crippen molar-refractivity contribution in [2.24, 2.45) is 0 Å². The lowest BCUT2D eigenvalue weighted by molar-refractivity contribution is 0.456. The van der Waals surface area contributed by atoms with Gasteiger partial charge in [-0.25, -0.2) is 12.8 Å². The van der Waals surface area contributed by atoms with Gasteiger partial charge in [-0.15, -0.1) is 0 Å². The number of nitrogens with one attached hydrogen (secondary N) is 1. The second-order valence-electron chi connectivity index (χ2n) is 6.28. The van der Waals surface area contributed by atoms with Crippen LogP contribution in [0.4, 0.5) is 22.0 Å². The van der Waals surface area contributed by atoms with Gasteiger partial charge in [0.15, 0.2) is 5.82 Å². The maximum atomic E-state index is 13.1. The van der Waals surface area contributed by atoms with E-state index in [4.69, 9.17) is 5.73 Å². The minimum Gasteiger partial charge on any atom is -0.368 e. The maximum absolute atomic E-state index is 13.1. The van der Waals surface area contributed by atoms with E-state index < -0.39 is 15.8 Å². The third-order valence-electron chi connectivity index (χ3n) is 4.23. The zero-order chi connectivity index (χ0) is 21.0. The zero-order valence-corrected chi connectivity index (χ0v) is 16.8. The highest BCUT2D eigenvalue weighted by Crippen LogP contribution is 2.20. The normalized spacial score (nSPS) is 11.6. The van der Waals surface area contributed by atoms with Crippen molar-refractivity contribution in [2.75, 3.05) is 18.1 Å². The molecule has 0 amide bonds. The first-order valence-corrected chi connectivity index (χ1v) is 10.3. The van der Waals surface area contributed by atoms with Gasteiger partial charge in [-0.05, 0) is 42.3 Å². The van der Waals surface area contributed by atoms with Gasteiger partial charge in [-0.1, -0.05) is 25.1 Å². The molecule has 8 nitrogen and oxygen atoms in total. The number of anilines is 3. The van der Waals surface area contributed by atoms with Crippen LogP contribution in [-0.4, -0.2) is 34.7 Å². The van der Waals surface area contributed by atoms with Crippen LogP contribution in [0.3, 0.4) is 0 Å². The van der Waals surface area contributed by atoms with Crippen molar-refractivity contribution in [3.8, 4) is 0 Å². The second kappa shape index (κ2) is 8.50. The van der Waals surface area contributed by atoms with Gasteiger partial charge in [0.05, 0.1) is 11.4 Å². The highest BCUT2D eigenvalue weighted by molar-refractivity contribution is 7.89. The van der Waals surface area contributed by atoms with E-state index in [9.17, 15) is 12.8 Å². The summed E-state index contributed by atoms with van der Waals surface area (Å²) in [4.78, 5) is 12.4. The molecule has 3 rings (SSSR count). The molecule has 0 aliphatic rings. The largest absolute Gasteiger partial charge is 0.368 e. The summed E-state index contributed by atoms with van der Waals surface area (Å²) in [6.07, 6.45) is 0.815. The summed E-state index contributed by atoms with van der Waals surface area (Å²) >= 11 is 0. The molecule has 0 radical (unpaired) electrons. The number of sulfonamides is 1. The van der Waals surface area contributed by atoms with Crippen molar-refractivity contribution < 1.29 is 12.8 Å². The van der Waals surface area contributed by atoms with E-state index in [1.54, 1.807) is 0 Å². The molecule has 1 heterocycles. The Morgan fingerprint density at radius 2 is 1.76 bits per heavy atom. The van der Waals surface area contributed by atoms with Crippen LogP contribution >= 0.6 is 0 Å². The number of aryl methyl sites for hydroxylation is 1. The van der Waals surface area contributed by atoms with Gasteiger partial charge in [0.25, 0.3) is 0 Å². The van der Waals surface area contributed by atoms with Gasteiger partial charge in [0.2, 0.25) is 21.9 Å². The lowest BCUT2D eigenvalue weighted by Gasteiger charge is -2.17. The number of hydrogen-bond acceptors (Lipinski definition) is 7. The van der Waals surface area contributed by atoms with Crippen LogP contribution in [0.25, 0.3) is 0 Å². The van der Waals surface area contributed by atoms with Gasteiger partial charge in [0, 0.05) is 12.7 Å². The Bertz CT molecular complexity index is 1110. The van der Waals surface area contributed by atoms with Gasteiger partial charge < -0.3 is 11.1 Å². The van der Waals surface area contributed by atoms with E-state index in [1.807, 2.05) is 31.2 Å². The molecule has 0 atom stereocenters. The summed E-state index contributed by atoms with van der Waals surface area (Å²) in [5.41, 5.74) is 7.69. The first kappa shape index (κ1) is 20.6. The predicted octanol–water partition coefficient (Wildman–Crippen LogP) is 2.72. The van der Waals surface area contributed by atoms with Crippen molar-refractivity contribution in [3.63, 3.8) is 0 Å². The SMILES string of the molecule is CCc1ccccc1Nc1nc(N)nc(CN(C)S(=O)(=O)c2ccc(F)cc2)n1. The summed E-state index contributed by atoms with van der Waals surface area (Å²) in [6.45, 7) is 1.90. The Morgan fingerprint density at radius 3 is 2.45 bits per heavy atom. The van der Waals surface area contributed by atoms with Crippen molar-refractivity contribution >= 4 is 27.6 Å². The highest BCUT2D eigenvalue weighted by atomic mass is 32.2. The Balaban J connectivity index is 1.83. The number of nitrogens with zero attached hydrogens (tertiary/aromatic N) is 4. The summed E-state index contributed by atoms with van der Waals surface area (Å²) in [5.74, 6) is -0.137. The molecular weight excluding hydrogens is 395 g/mol. The summed E-state index contributed by atoms with van der Waals surface area (Å²) in [7, 11) is -2.46. The van der Waals surface area contributed by atoms with Gasteiger partial charge >= 0.3 is 0 Å². The topological polar surface area (TPSA) is 114 Å². The van der Waals surface area contributed by atoms with Crippen LogP contribution in [-0.2, 0) is 23.0 Å². The molecule has 0 saturated carbocycles. The molecule has 3 N–H and O–H groups in total. The maximum Gasteiger partial charge on any atom is 0.243 e. The molecule has 0 bridgehead atoms. The van der Waals surface area contributed by atoms with Gasteiger partial charge in [0.1, 0.15) is 5.82 Å². The minimum absolute atomic E-state index is 0.0286. The van der Waals surface area contributed by atoms with E-state index in [1.165, 1.54) is 19.2 Å². The number of para-hydroxylation sites is 1. The standard InChI is InChI=1S/C19H21FN6O2S/c1-3-13-6-4-5-7-16(13)22-19-24-17(23-18(21)25-19)12-26(2)29(27,28)15-10-8-14(20)9-11-15/h4-11H,3,12H2,1-2H3,(H3,21,22,23,24,25). The van der Waals surface area contributed by atoms with Crippen LogP contribution in [0.2, 0.25) is 0 Å². The number of rotatable bonds is 7. The monoisotopic (exact) mass is 416 g/mol. The van der Waals surface area contributed by atoms with Gasteiger partial charge in [-0.3, -0.25) is 0 Å². The zero-order valence-electron chi connectivity index (χ0n) is 16.0. The van der Waals surface area contributed by atoms with Crippen molar-refractivity contribution in [1.82, 2.24) is 19.3 Å². The number of nitrogens with two attached hydrogens (primary N) is 1. The molecule has 10 heteroatoms. The van der Waals surface area contributed by atoms with E-state index in [0.717, 1.165) is 34.1 Å². The number of hydrogen-bond donors (Lipinski definition) is 2. The average molecular weight is 416 g/mol. The number of aromatic nitrogens is 3. The minimum atomic E-state index is -3.84. The number of nitrogen functional groups attached to an aromatic ring is 1. The lowest BCUT2D eigenvalue weighted by atomic mass is 10.1. The Hall–Kier alpha value is -3.11. The molecule has 0 unspecified atom stereocenters. The first-order valence-electron chi connectivity index (χ1n) is 8.87. The van der Waals surface area contributed by atoms with Crippen molar-refractivity contribution in [1.29, 1.82) is 0 Å². The van der Waals surface area contributed by atoms with Crippen LogP contribution < -0.4 is 11.1 Å². The third-order valence-corrected chi connectivity index (χ3v) is 6.05. The van der Waals surface area contributed by atoms with Crippen molar-refractivity contribution in [3.05, 3.63) is 65.7 Å². The number of halogens is 1.